The van der Waals surface area contributed by atoms with Crippen molar-refractivity contribution in [2.24, 2.45) is 0 Å². The number of rotatable bonds is 4. The normalized spacial score (nSPS) is 9.86. The number of nitrogens with zero attached hydrogens (tertiary/aromatic N) is 2. The molecular weight excluding hydrogens is 200 g/mol. The van der Waals surface area contributed by atoms with Crippen LogP contribution in [0.2, 0.25) is 0 Å². The lowest BCUT2D eigenvalue weighted by atomic mass is 10.4. The van der Waals surface area contributed by atoms with Crippen molar-refractivity contribution < 1.29 is 4.79 Å². The molecule has 6 heteroatoms. The topological polar surface area (TPSA) is 71.2 Å². The molecule has 0 aromatic carbocycles. The first-order chi connectivity index (χ1) is 6.59. The van der Waals surface area contributed by atoms with Crippen molar-refractivity contribution in [2.75, 3.05) is 31.7 Å². The number of anilines is 2. The molecule has 0 aliphatic carbocycles. The van der Waals surface area contributed by atoms with E-state index in [1.165, 1.54) is 11.5 Å². The molecule has 0 radical (unpaired) electrons. The van der Waals surface area contributed by atoms with Gasteiger partial charge < -0.3 is 16.0 Å². The highest BCUT2D eigenvalue weighted by Crippen LogP contribution is 2.16. The van der Waals surface area contributed by atoms with Crippen molar-refractivity contribution in [3.05, 3.63) is 6.07 Å². The van der Waals surface area contributed by atoms with Gasteiger partial charge in [-0.2, -0.15) is 4.37 Å². The van der Waals surface area contributed by atoms with E-state index in [0.29, 0.717) is 18.8 Å². The number of carbonyl (C=O) groups excluding carboxylic acids is 1. The van der Waals surface area contributed by atoms with Crippen molar-refractivity contribution >= 4 is 28.3 Å². The maximum Gasteiger partial charge on any atom is 0.223 e. The van der Waals surface area contributed by atoms with Crippen LogP contribution in [0.1, 0.15) is 6.42 Å². The van der Waals surface area contributed by atoms with Gasteiger partial charge in [0.15, 0.2) is 0 Å². The first-order valence-electron chi connectivity index (χ1n) is 4.26. The zero-order valence-electron chi connectivity index (χ0n) is 8.28. The summed E-state index contributed by atoms with van der Waals surface area (Å²) >= 11 is 1.30. The number of amides is 1. The second kappa shape index (κ2) is 4.80. The first kappa shape index (κ1) is 10.8. The molecule has 1 rings (SSSR count). The number of hydrogen-bond donors (Lipinski definition) is 2. The molecule has 0 aliphatic rings. The quantitative estimate of drug-likeness (QED) is 0.770. The molecule has 1 aromatic heterocycles. The minimum absolute atomic E-state index is 0.106. The summed E-state index contributed by atoms with van der Waals surface area (Å²) in [5.74, 6) is 0.617. The van der Waals surface area contributed by atoms with E-state index in [2.05, 4.69) is 9.69 Å². The Hall–Kier alpha value is -1.30. The van der Waals surface area contributed by atoms with E-state index in [9.17, 15) is 4.79 Å². The van der Waals surface area contributed by atoms with Gasteiger partial charge in [-0.05, 0) is 11.5 Å². The fraction of sp³-hybridized carbons (Fsp3) is 0.500. The molecule has 14 heavy (non-hydrogen) atoms. The highest BCUT2D eigenvalue weighted by molar-refractivity contribution is 7.10. The number of nitrogens with one attached hydrogen (secondary N) is 1. The van der Waals surface area contributed by atoms with E-state index < -0.39 is 0 Å². The Labute approximate surface area is 87.1 Å². The minimum atomic E-state index is 0.106. The zero-order chi connectivity index (χ0) is 10.6. The van der Waals surface area contributed by atoms with E-state index in [1.807, 2.05) is 0 Å². The number of aromatic nitrogens is 1. The van der Waals surface area contributed by atoms with Gasteiger partial charge in [0.1, 0.15) is 10.8 Å². The summed E-state index contributed by atoms with van der Waals surface area (Å²) in [7, 11) is 3.49. The van der Waals surface area contributed by atoms with Crippen LogP contribution in [-0.4, -0.2) is 35.8 Å². The molecule has 0 atom stereocenters. The predicted molar refractivity (Wildman–Crippen MR) is 58.3 cm³/mol. The molecule has 0 fully saturated rings. The van der Waals surface area contributed by atoms with E-state index in [4.69, 9.17) is 5.73 Å². The summed E-state index contributed by atoms with van der Waals surface area (Å²) in [4.78, 5) is 12.8. The summed E-state index contributed by atoms with van der Waals surface area (Å²) < 4.78 is 3.91. The summed E-state index contributed by atoms with van der Waals surface area (Å²) in [6, 6.07) is 1.75. The van der Waals surface area contributed by atoms with Crippen molar-refractivity contribution in [3.63, 3.8) is 0 Å². The molecule has 0 saturated heterocycles. The fourth-order valence-corrected chi connectivity index (χ4v) is 1.48. The van der Waals surface area contributed by atoms with Gasteiger partial charge in [0, 0.05) is 33.1 Å². The van der Waals surface area contributed by atoms with Crippen LogP contribution in [0.5, 0.6) is 0 Å². The van der Waals surface area contributed by atoms with Gasteiger partial charge in [-0.15, -0.1) is 0 Å². The molecular formula is C8H14N4OS. The van der Waals surface area contributed by atoms with Crippen molar-refractivity contribution in [1.29, 1.82) is 0 Å². The van der Waals surface area contributed by atoms with Gasteiger partial charge >= 0.3 is 0 Å². The molecule has 0 aliphatic heterocycles. The van der Waals surface area contributed by atoms with Gasteiger partial charge in [-0.1, -0.05) is 0 Å². The molecule has 0 saturated carbocycles. The predicted octanol–water partition coefficient (Wildman–Crippen LogP) is 0.615. The fourth-order valence-electron chi connectivity index (χ4n) is 0.888. The molecule has 0 unspecified atom stereocenters. The van der Waals surface area contributed by atoms with Crippen LogP contribution >= 0.6 is 11.5 Å². The van der Waals surface area contributed by atoms with Crippen LogP contribution in [0.3, 0.4) is 0 Å². The standard InChI is InChI=1S/C8H14N4OS/c1-12(2)8(13)3-4-10-7-5-6(9)11-14-7/h5,10H,3-4H2,1-2H3,(H2,9,11). The monoisotopic (exact) mass is 214 g/mol. The zero-order valence-corrected chi connectivity index (χ0v) is 9.10. The lowest BCUT2D eigenvalue weighted by molar-refractivity contribution is -0.128. The lowest BCUT2D eigenvalue weighted by Crippen LogP contribution is -2.23. The van der Waals surface area contributed by atoms with Crippen LogP contribution in [0.4, 0.5) is 10.8 Å². The Bertz CT molecular complexity index is 310. The Morgan fingerprint density at radius 2 is 2.43 bits per heavy atom. The number of carbonyl (C=O) groups is 1. The van der Waals surface area contributed by atoms with Crippen LogP contribution in [-0.2, 0) is 4.79 Å². The van der Waals surface area contributed by atoms with Crippen molar-refractivity contribution in [3.8, 4) is 0 Å². The van der Waals surface area contributed by atoms with E-state index in [1.54, 1.807) is 25.1 Å². The summed E-state index contributed by atoms with van der Waals surface area (Å²) in [5.41, 5.74) is 5.44. The Morgan fingerprint density at radius 1 is 1.71 bits per heavy atom. The highest BCUT2D eigenvalue weighted by atomic mass is 32.1. The van der Waals surface area contributed by atoms with Gasteiger partial charge in [0.05, 0.1) is 0 Å². The van der Waals surface area contributed by atoms with Gasteiger partial charge in [0.25, 0.3) is 0 Å². The van der Waals surface area contributed by atoms with Crippen LogP contribution in [0.25, 0.3) is 0 Å². The maximum absolute atomic E-state index is 11.2. The average molecular weight is 214 g/mol. The second-order valence-corrected chi connectivity index (χ2v) is 3.89. The largest absolute Gasteiger partial charge is 0.383 e. The Kier molecular flexibility index (Phi) is 3.70. The van der Waals surface area contributed by atoms with Crippen LogP contribution in [0.15, 0.2) is 6.07 Å². The minimum Gasteiger partial charge on any atom is -0.383 e. The molecule has 5 nitrogen and oxygen atoms in total. The van der Waals surface area contributed by atoms with Crippen molar-refractivity contribution in [1.82, 2.24) is 9.27 Å². The summed E-state index contributed by atoms with van der Waals surface area (Å²) in [6.45, 7) is 0.610. The number of nitrogens with two attached hydrogens (primary N) is 1. The molecule has 1 amide bonds. The SMILES string of the molecule is CN(C)C(=O)CCNc1cc(N)ns1. The van der Waals surface area contributed by atoms with Crippen LogP contribution in [0, 0.1) is 0 Å². The third-order valence-corrected chi connectivity index (χ3v) is 2.43. The van der Waals surface area contributed by atoms with Gasteiger partial charge in [-0.25, -0.2) is 0 Å². The molecule has 1 aromatic rings. The maximum atomic E-state index is 11.2. The highest BCUT2D eigenvalue weighted by Gasteiger charge is 2.03. The number of hydrogen-bond acceptors (Lipinski definition) is 5. The van der Waals surface area contributed by atoms with Gasteiger partial charge in [0.2, 0.25) is 5.91 Å². The van der Waals surface area contributed by atoms with Gasteiger partial charge in [-0.3, -0.25) is 4.79 Å². The van der Waals surface area contributed by atoms with Crippen LogP contribution < -0.4 is 11.1 Å². The molecule has 0 spiro atoms. The smallest absolute Gasteiger partial charge is 0.223 e. The average Bonchev–Trinajstić information content (AvgIpc) is 2.51. The van der Waals surface area contributed by atoms with E-state index >= 15 is 0 Å². The summed E-state index contributed by atoms with van der Waals surface area (Å²) in [5, 5.41) is 3.98. The summed E-state index contributed by atoms with van der Waals surface area (Å²) in [6.07, 6.45) is 0.477. The molecule has 0 bridgehead atoms. The molecule has 1 heterocycles. The lowest BCUT2D eigenvalue weighted by Gasteiger charge is -2.09. The molecule has 3 N–H and O–H groups in total. The Balaban J connectivity index is 2.25. The third kappa shape index (κ3) is 3.21. The molecule has 78 valence electrons. The number of nitrogen functional groups attached to an aromatic ring is 1. The third-order valence-electron chi connectivity index (χ3n) is 1.67. The van der Waals surface area contributed by atoms with E-state index in [0.717, 1.165) is 5.00 Å². The van der Waals surface area contributed by atoms with Crippen molar-refractivity contribution in [2.45, 2.75) is 6.42 Å². The first-order valence-corrected chi connectivity index (χ1v) is 5.03. The Morgan fingerprint density at radius 3 is 2.93 bits per heavy atom. The second-order valence-electron chi connectivity index (χ2n) is 3.08. The van der Waals surface area contributed by atoms with E-state index in [-0.39, 0.29) is 5.91 Å².